The zero-order valence-corrected chi connectivity index (χ0v) is 11.6. The Morgan fingerprint density at radius 2 is 2.10 bits per heavy atom. The fourth-order valence-corrected chi connectivity index (χ4v) is 2.50. The standard InChI is InChI=1S/C14H14ClN3O2/c15-11-5-3-4-10(8-11)9-12-16-17-13(20-12)14(19)18-6-1-2-7-18/h3-5,8H,1-2,6-7,9H2. The van der Waals surface area contributed by atoms with Gasteiger partial charge in [-0.2, -0.15) is 0 Å². The van der Waals surface area contributed by atoms with Gasteiger partial charge in [0.2, 0.25) is 5.89 Å². The van der Waals surface area contributed by atoms with Crippen molar-refractivity contribution in [3.63, 3.8) is 0 Å². The molecule has 6 heteroatoms. The zero-order valence-electron chi connectivity index (χ0n) is 10.9. The first-order valence-corrected chi connectivity index (χ1v) is 6.96. The van der Waals surface area contributed by atoms with Crippen LogP contribution in [0.1, 0.15) is 35.0 Å². The normalized spacial score (nSPS) is 14.8. The molecule has 1 aromatic carbocycles. The Morgan fingerprint density at radius 1 is 1.30 bits per heavy atom. The van der Waals surface area contributed by atoms with E-state index in [0.717, 1.165) is 31.5 Å². The second-order valence-corrected chi connectivity index (χ2v) is 5.24. The topological polar surface area (TPSA) is 59.2 Å². The van der Waals surface area contributed by atoms with Crippen molar-refractivity contribution in [3.8, 4) is 0 Å². The lowest BCUT2D eigenvalue weighted by Crippen LogP contribution is -2.27. The SMILES string of the molecule is O=C(c1nnc(Cc2cccc(Cl)c2)o1)N1CCCC1. The van der Waals surface area contributed by atoms with Crippen molar-refractivity contribution in [1.29, 1.82) is 0 Å². The summed E-state index contributed by atoms with van der Waals surface area (Å²) in [5.74, 6) is 0.325. The van der Waals surface area contributed by atoms with E-state index in [1.165, 1.54) is 0 Å². The molecule has 0 saturated carbocycles. The quantitative estimate of drug-likeness (QED) is 0.872. The molecule has 1 saturated heterocycles. The van der Waals surface area contributed by atoms with Gasteiger partial charge in [0, 0.05) is 18.1 Å². The van der Waals surface area contributed by atoms with E-state index in [1.54, 1.807) is 11.0 Å². The van der Waals surface area contributed by atoms with Gasteiger partial charge >= 0.3 is 11.8 Å². The number of halogens is 1. The lowest BCUT2D eigenvalue weighted by atomic mass is 10.1. The van der Waals surface area contributed by atoms with E-state index in [0.29, 0.717) is 17.3 Å². The van der Waals surface area contributed by atoms with Crippen molar-refractivity contribution in [2.75, 3.05) is 13.1 Å². The van der Waals surface area contributed by atoms with Crippen molar-refractivity contribution < 1.29 is 9.21 Å². The molecule has 0 N–H and O–H groups in total. The predicted octanol–water partition coefficient (Wildman–Crippen LogP) is 2.55. The maximum absolute atomic E-state index is 12.1. The van der Waals surface area contributed by atoms with Crippen LogP contribution < -0.4 is 0 Å². The summed E-state index contributed by atoms with van der Waals surface area (Å²) in [5.41, 5.74) is 0.973. The molecule has 20 heavy (non-hydrogen) atoms. The van der Waals surface area contributed by atoms with Crippen LogP contribution in [-0.4, -0.2) is 34.1 Å². The van der Waals surface area contributed by atoms with Crippen LogP contribution in [-0.2, 0) is 6.42 Å². The van der Waals surface area contributed by atoms with E-state index in [4.69, 9.17) is 16.0 Å². The Hall–Kier alpha value is -1.88. The molecule has 2 aromatic rings. The van der Waals surface area contributed by atoms with Gasteiger partial charge in [0.25, 0.3) is 0 Å². The highest BCUT2D eigenvalue weighted by atomic mass is 35.5. The van der Waals surface area contributed by atoms with E-state index < -0.39 is 0 Å². The van der Waals surface area contributed by atoms with Gasteiger partial charge in [0.05, 0.1) is 6.42 Å². The summed E-state index contributed by atoms with van der Waals surface area (Å²) in [6.45, 7) is 1.54. The monoisotopic (exact) mass is 291 g/mol. The smallest absolute Gasteiger partial charge is 0.311 e. The van der Waals surface area contributed by atoms with Crippen molar-refractivity contribution in [3.05, 3.63) is 46.6 Å². The number of rotatable bonds is 3. The minimum atomic E-state index is -0.174. The van der Waals surface area contributed by atoms with Crippen molar-refractivity contribution in [2.24, 2.45) is 0 Å². The van der Waals surface area contributed by atoms with Crippen LogP contribution in [0, 0.1) is 0 Å². The first-order chi connectivity index (χ1) is 9.72. The molecule has 104 valence electrons. The van der Waals surface area contributed by atoms with Crippen LogP contribution in [0.4, 0.5) is 0 Å². The highest BCUT2D eigenvalue weighted by Crippen LogP contribution is 2.16. The third-order valence-electron chi connectivity index (χ3n) is 3.29. The third-order valence-corrected chi connectivity index (χ3v) is 3.52. The molecule has 3 rings (SSSR count). The van der Waals surface area contributed by atoms with Crippen LogP contribution in [0.25, 0.3) is 0 Å². The van der Waals surface area contributed by atoms with Crippen LogP contribution >= 0.6 is 11.6 Å². The second-order valence-electron chi connectivity index (χ2n) is 4.81. The van der Waals surface area contributed by atoms with E-state index in [-0.39, 0.29) is 11.8 Å². The maximum atomic E-state index is 12.1. The number of nitrogens with zero attached hydrogens (tertiary/aromatic N) is 3. The lowest BCUT2D eigenvalue weighted by Gasteiger charge is -2.11. The van der Waals surface area contributed by atoms with Gasteiger partial charge in [0.15, 0.2) is 0 Å². The van der Waals surface area contributed by atoms with E-state index in [9.17, 15) is 4.79 Å². The molecule has 1 aliphatic rings. The fourth-order valence-electron chi connectivity index (χ4n) is 2.29. The molecular formula is C14H14ClN3O2. The van der Waals surface area contributed by atoms with Gasteiger partial charge in [-0.05, 0) is 30.5 Å². The molecule has 2 heterocycles. The first kappa shape index (κ1) is 13.1. The number of carbonyl (C=O) groups is 1. The zero-order chi connectivity index (χ0) is 13.9. The number of amides is 1. The number of hydrogen-bond donors (Lipinski definition) is 0. The van der Waals surface area contributed by atoms with E-state index in [1.807, 2.05) is 18.2 Å². The number of hydrogen-bond acceptors (Lipinski definition) is 4. The molecule has 0 aliphatic carbocycles. The van der Waals surface area contributed by atoms with Gasteiger partial charge in [-0.1, -0.05) is 23.7 Å². The second kappa shape index (κ2) is 5.63. The Bertz CT molecular complexity index is 620. The minimum Gasteiger partial charge on any atom is -0.417 e. The summed E-state index contributed by atoms with van der Waals surface area (Å²) in [6, 6.07) is 7.44. The molecule has 5 nitrogen and oxygen atoms in total. The molecule has 1 fully saturated rings. The lowest BCUT2D eigenvalue weighted by molar-refractivity contribution is 0.0751. The Labute approximate surface area is 121 Å². The molecule has 0 unspecified atom stereocenters. The van der Waals surface area contributed by atoms with Crippen molar-refractivity contribution in [2.45, 2.75) is 19.3 Å². The molecule has 0 radical (unpaired) electrons. The van der Waals surface area contributed by atoms with Gasteiger partial charge in [0.1, 0.15) is 0 Å². The molecular weight excluding hydrogens is 278 g/mol. The Balaban J connectivity index is 1.71. The molecule has 1 aliphatic heterocycles. The first-order valence-electron chi connectivity index (χ1n) is 6.58. The Morgan fingerprint density at radius 3 is 2.85 bits per heavy atom. The fraction of sp³-hybridized carbons (Fsp3) is 0.357. The van der Waals surface area contributed by atoms with Gasteiger partial charge in [-0.3, -0.25) is 4.79 Å². The number of aromatic nitrogens is 2. The highest BCUT2D eigenvalue weighted by molar-refractivity contribution is 6.30. The highest BCUT2D eigenvalue weighted by Gasteiger charge is 2.24. The molecule has 1 amide bonds. The third kappa shape index (κ3) is 2.82. The van der Waals surface area contributed by atoms with Crippen LogP contribution in [0.2, 0.25) is 5.02 Å². The summed E-state index contributed by atoms with van der Waals surface area (Å²) >= 11 is 5.93. The van der Waals surface area contributed by atoms with E-state index >= 15 is 0 Å². The van der Waals surface area contributed by atoms with Crippen molar-refractivity contribution in [1.82, 2.24) is 15.1 Å². The van der Waals surface area contributed by atoms with Gasteiger partial charge in [-0.25, -0.2) is 0 Å². The number of likely N-dealkylation sites (tertiary alicyclic amines) is 1. The number of benzene rings is 1. The molecule has 1 aromatic heterocycles. The summed E-state index contributed by atoms with van der Waals surface area (Å²) in [7, 11) is 0. The molecule has 0 spiro atoms. The maximum Gasteiger partial charge on any atom is 0.311 e. The average Bonchev–Trinajstić information content (AvgIpc) is 3.09. The summed E-state index contributed by atoms with van der Waals surface area (Å²) in [4.78, 5) is 13.8. The Kier molecular flexibility index (Phi) is 3.69. The summed E-state index contributed by atoms with van der Waals surface area (Å²) in [6.07, 6.45) is 2.55. The van der Waals surface area contributed by atoms with Crippen molar-refractivity contribution >= 4 is 17.5 Å². The predicted molar refractivity (Wildman–Crippen MR) is 73.7 cm³/mol. The van der Waals surface area contributed by atoms with Crippen LogP contribution in [0.5, 0.6) is 0 Å². The average molecular weight is 292 g/mol. The summed E-state index contributed by atoms with van der Waals surface area (Å²) < 4.78 is 5.45. The van der Waals surface area contributed by atoms with Gasteiger partial charge in [-0.15, -0.1) is 10.2 Å². The molecule has 0 atom stereocenters. The summed E-state index contributed by atoms with van der Waals surface area (Å²) in [5, 5.41) is 8.43. The largest absolute Gasteiger partial charge is 0.417 e. The van der Waals surface area contributed by atoms with Crippen LogP contribution in [0.3, 0.4) is 0 Å². The van der Waals surface area contributed by atoms with E-state index in [2.05, 4.69) is 10.2 Å². The van der Waals surface area contributed by atoms with Crippen LogP contribution in [0.15, 0.2) is 28.7 Å². The molecule has 0 bridgehead atoms. The number of carbonyl (C=O) groups excluding carboxylic acids is 1. The van der Waals surface area contributed by atoms with Gasteiger partial charge < -0.3 is 9.32 Å². The minimum absolute atomic E-state index is 0.0731.